The number of rotatable bonds is 6. The Labute approximate surface area is 219 Å². The quantitative estimate of drug-likeness (QED) is 0.580. The highest BCUT2D eigenvalue weighted by atomic mass is 19.1. The number of hydrogen-bond acceptors (Lipinski definition) is 5. The maximum Gasteiger partial charge on any atom is 0.250 e. The molecule has 0 radical (unpaired) electrons. The van der Waals surface area contributed by atoms with Crippen molar-refractivity contribution in [3.63, 3.8) is 0 Å². The largest absolute Gasteiger partial charge is 0.379 e. The van der Waals surface area contributed by atoms with E-state index in [0.717, 1.165) is 87.3 Å². The maximum absolute atomic E-state index is 14.8. The second kappa shape index (κ2) is 9.91. The molecular formula is C30H39FN4O2. The van der Waals surface area contributed by atoms with Crippen LogP contribution in [0.1, 0.15) is 49.7 Å². The van der Waals surface area contributed by atoms with Crippen molar-refractivity contribution in [2.24, 2.45) is 5.92 Å². The van der Waals surface area contributed by atoms with Gasteiger partial charge < -0.3 is 20.3 Å². The molecule has 3 fully saturated rings. The molecule has 7 heteroatoms. The Morgan fingerprint density at radius 1 is 1.11 bits per heavy atom. The molecule has 198 valence electrons. The van der Waals surface area contributed by atoms with Gasteiger partial charge in [-0.1, -0.05) is 25.0 Å². The number of ether oxygens (including phenoxy) is 1. The van der Waals surface area contributed by atoms with E-state index in [1.807, 2.05) is 19.1 Å². The van der Waals surface area contributed by atoms with E-state index in [4.69, 9.17) is 4.74 Å². The van der Waals surface area contributed by atoms with Crippen molar-refractivity contribution in [1.82, 2.24) is 4.90 Å². The van der Waals surface area contributed by atoms with Gasteiger partial charge in [0.2, 0.25) is 0 Å². The summed E-state index contributed by atoms with van der Waals surface area (Å²) in [4.78, 5) is 19.0. The van der Waals surface area contributed by atoms with Crippen molar-refractivity contribution in [3.05, 3.63) is 53.3 Å². The van der Waals surface area contributed by atoms with Crippen LogP contribution in [0.4, 0.5) is 21.5 Å². The van der Waals surface area contributed by atoms with Crippen molar-refractivity contribution in [3.8, 4) is 0 Å². The molecule has 1 saturated carbocycles. The Morgan fingerprint density at radius 3 is 2.57 bits per heavy atom. The van der Waals surface area contributed by atoms with Gasteiger partial charge in [-0.15, -0.1) is 0 Å². The fraction of sp³-hybridized carbons (Fsp3) is 0.567. The lowest BCUT2D eigenvalue weighted by Gasteiger charge is -2.46. The minimum absolute atomic E-state index is 0.0456. The number of fused-ring (bicyclic) bond motifs is 1. The van der Waals surface area contributed by atoms with Crippen molar-refractivity contribution in [2.45, 2.75) is 69.6 Å². The third kappa shape index (κ3) is 4.50. The first-order valence-corrected chi connectivity index (χ1v) is 14.0. The van der Waals surface area contributed by atoms with Gasteiger partial charge in [0.1, 0.15) is 11.4 Å². The molecule has 0 aromatic heterocycles. The van der Waals surface area contributed by atoms with Gasteiger partial charge in [-0.05, 0) is 68.4 Å². The molecule has 6 nitrogen and oxygen atoms in total. The molecule has 4 aliphatic rings. The van der Waals surface area contributed by atoms with Crippen molar-refractivity contribution < 1.29 is 13.9 Å². The second-order valence-corrected chi connectivity index (χ2v) is 11.5. The van der Waals surface area contributed by atoms with Crippen LogP contribution in [-0.2, 0) is 16.0 Å². The standard InChI is InChI=1S/C30H39FN4O2/c1-20-10-11-27(31)26-17-30(33-28(20)26,21-6-3-4-7-21)29(36)32-22-8-5-9-24(16-22)34-14-12-23(13-15-34)35-18-25(19-35)37-2/h5,8-11,16,21,23,25,33H,3-4,6-7,12-15,17-19H2,1-2H3,(H,32,36). The third-order valence-corrected chi connectivity index (χ3v) is 9.38. The highest BCUT2D eigenvalue weighted by molar-refractivity contribution is 6.02. The minimum atomic E-state index is -0.808. The number of halogens is 1. The molecule has 1 aliphatic carbocycles. The zero-order chi connectivity index (χ0) is 25.6. The van der Waals surface area contributed by atoms with Crippen molar-refractivity contribution in [1.29, 1.82) is 0 Å². The molecule has 1 unspecified atom stereocenters. The van der Waals surface area contributed by atoms with E-state index < -0.39 is 5.54 Å². The summed E-state index contributed by atoms with van der Waals surface area (Å²) < 4.78 is 20.2. The first-order chi connectivity index (χ1) is 18.0. The van der Waals surface area contributed by atoms with Crippen LogP contribution in [0.2, 0.25) is 0 Å². The summed E-state index contributed by atoms with van der Waals surface area (Å²) in [5, 5.41) is 6.79. The normalized spacial score (nSPS) is 25.1. The third-order valence-electron chi connectivity index (χ3n) is 9.38. The first kappa shape index (κ1) is 24.7. The Hall–Kier alpha value is -2.64. The highest BCUT2D eigenvalue weighted by Gasteiger charge is 2.51. The molecule has 37 heavy (non-hydrogen) atoms. The molecule has 2 N–H and O–H groups in total. The van der Waals surface area contributed by atoms with Gasteiger partial charge in [0.25, 0.3) is 5.91 Å². The molecular weight excluding hydrogens is 467 g/mol. The van der Waals surface area contributed by atoms with E-state index in [0.29, 0.717) is 24.1 Å². The topological polar surface area (TPSA) is 56.8 Å². The van der Waals surface area contributed by atoms with Gasteiger partial charge >= 0.3 is 0 Å². The van der Waals surface area contributed by atoms with Crippen molar-refractivity contribution >= 4 is 23.0 Å². The summed E-state index contributed by atoms with van der Waals surface area (Å²) in [5.41, 5.74) is 3.59. The number of benzene rings is 2. The van der Waals surface area contributed by atoms with Crippen LogP contribution in [0.3, 0.4) is 0 Å². The molecule has 6 rings (SSSR count). The van der Waals surface area contributed by atoms with Crippen LogP contribution in [0.25, 0.3) is 0 Å². The van der Waals surface area contributed by atoms with E-state index >= 15 is 0 Å². The van der Waals surface area contributed by atoms with E-state index in [-0.39, 0.29) is 17.6 Å². The number of amides is 1. The number of aryl methyl sites for hydroxylation is 1. The Kier molecular flexibility index (Phi) is 6.61. The van der Waals surface area contributed by atoms with E-state index in [9.17, 15) is 9.18 Å². The van der Waals surface area contributed by atoms with Gasteiger partial charge in [0, 0.05) is 68.4 Å². The average Bonchev–Trinajstić information content (AvgIpc) is 3.56. The zero-order valence-electron chi connectivity index (χ0n) is 22.1. The van der Waals surface area contributed by atoms with Gasteiger partial charge in [-0.2, -0.15) is 0 Å². The number of nitrogens with zero attached hydrogens (tertiary/aromatic N) is 2. The Bertz CT molecular complexity index is 1120. The zero-order valence-corrected chi connectivity index (χ0v) is 22.1. The fourth-order valence-electron chi connectivity index (χ4n) is 7.05. The van der Waals surface area contributed by atoms with E-state index in [2.05, 4.69) is 32.6 Å². The maximum atomic E-state index is 14.8. The summed E-state index contributed by atoms with van der Waals surface area (Å²) in [6, 6.07) is 12.2. The minimum Gasteiger partial charge on any atom is -0.379 e. The van der Waals surface area contributed by atoms with Crippen LogP contribution in [-0.4, -0.2) is 61.8 Å². The molecule has 0 bridgehead atoms. The number of piperidine rings is 1. The summed E-state index contributed by atoms with van der Waals surface area (Å²) >= 11 is 0. The lowest BCUT2D eigenvalue weighted by molar-refractivity contribution is -0.121. The van der Waals surface area contributed by atoms with Gasteiger partial charge in [-0.3, -0.25) is 9.69 Å². The predicted octanol–water partition coefficient (Wildman–Crippen LogP) is 4.97. The molecule has 1 atom stereocenters. The van der Waals surface area contributed by atoms with Crippen LogP contribution in [0, 0.1) is 18.7 Å². The number of carbonyl (C=O) groups excluding carboxylic acids is 1. The number of nitrogens with one attached hydrogen (secondary N) is 2. The van der Waals surface area contributed by atoms with Crippen LogP contribution >= 0.6 is 0 Å². The van der Waals surface area contributed by atoms with Crippen LogP contribution in [0.15, 0.2) is 36.4 Å². The molecule has 3 heterocycles. The van der Waals surface area contributed by atoms with E-state index in [1.54, 1.807) is 13.2 Å². The number of likely N-dealkylation sites (tertiary alicyclic amines) is 1. The molecule has 2 aromatic rings. The lowest BCUT2D eigenvalue weighted by Crippen LogP contribution is -2.58. The second-order valence-electron chi connectivity index (χ2n) is 11.5. The summed E-state index contributed by atoms with van der Waals surface area (Å²) in [6.07, 6.45) is 7.31. The molecule has 2 aromatic carbocycles. The van der Waals surface area contributed by atoms with E-state index in [1.165, 1.54) is 6.07 Å². The molecule has 0 spiro atoms. The smallest absolute Gasteiger partial charge is 0.250 e. The predicted molar refractivity (Wildman–Crippen MR) is 146 cm³/mol. The number of anilines is 3. The van der Waals surface area contributed by atoms with Gasteiger partial charge in [-0.25, -0.2) is 4.39 Å². The average molecular weight is 507 g/mol. The van der Waals surface area contributed by atoms with Crippen LogP contribution in [0.5, 0.6) is 0 Å². The summed E-state index contributed by atoms with van der Waals surface area (Å²) in [7, 11) is 1.80. The fourth-order valence-corrected chi connectivity index (χ4v) is 7.05. The van der Waals surface area contributed by atoms with Gasteiger partial charge in [0.05, 0.1) is 6.10 Å². The lowest BCUT2D eigenvalue weighted by atomic mass is 9.79. The molecule has 1 amide bonds. The molecule has 2 saturated heterocycles. The number of carbonyl (C=O) groups is 1. The monoisotopic (exact) mass is 506 g/mol. The SMILES string of the molecule is COC1CN(C2CCN(c3cccc(NC(=O)C4(C5CCCC5)Cc5c(F)ccc(C)c5N4)c3)CC2)C1. The Morgan fingerprint density at radius 2 is 1.86 bits per heavy atom. The van der Waals surface area contributed by atoms with Crippen LogP contribution < -0.4 is 15.5 Å². The number of hydrogen-bond donors (Lipinski definition) is 2. The highest BCUT2D eigenvalue weighted by Crippen LogP contribution is 2.46. The molecule has 3 aliphatic heterocycles. The van der Waals surface area contributed by atoms with Crippen molar-refractivity contribution in [2.75, 3.05) is 48.8 Å². The first-order valence-electron chi connectivity index (χ1n) is 14.0. The van der Waals surface area contributed by atoms with Gasteiger partial charge in [0.15, 0.2) is 0 Å². The number of methoxy groups -OCH3 is 1. The summed E-state index contributed by atoms with van der Waals surface area (Å²) in [5.74, 6) is -0.0713. The Balaban J connectivity index is 1.16. The summed E-state index contributed by atoms with van der Waals surface area (Å²) in [6.45, 7) is 6.10.